The molecule has 1 heterocycles. The SMILES string of the molecule is Cc1ccc(S(=O)(=O)N2C[C@@H](C(=O)Nc3ccc(C)c(Cl)c3)Oc3cc(C)ccc32)cc1. The monoisotopic (exact) mass is 470 g/mol. The van der Waals surface area contributed by atoms with Gasteiger partial charge < -0.3 is 10.1 Å². The van der Waals surface area contributed by atoms with Crippen LogP contribution in [0, 0.1) is 20.8 Å². The number of amides is 1. The molecule has 3 aromatic rings. The summed E-state index contributed by atoms with van der Waals surface area (Å²) in [6, 6.07) is 17.1. The van der Waals surface area contributed by atoms with Crippen LogP contribution in [0.25, 0.3) is 0 Å². The third-order valence-corrected chi connectivity index (χ3v) is 7.53. The minimum atomic E-state index is -3.90. The molecule has 3 aromatic carbocycles. The number of anilines is 2. The lowest BCUT2D eigenvalue weighted by molar-refractivity contribution is -0.122. The van der Waals surface area contributed by atoms with Gasteiger partial charge in [-0.25, -0.2) is 8.42 Å². The zero-order valence-corrected chi connectivity index (χ0v) is 19.5. The Morgan fingerprint density at radius 2 is 1.69 bits per heavy atom. The number of ether oxygens (including phenoxy) is 1. The summed E-state index contributed by atoms with van der Waals surface area (Å²) in [7, 11) is -3.90. The standard InChI is InChI=1S/C24H23ClN2O4S/c1-15-4-9-19(10-5-15)32(29,30)27-14-23(31-22-12-16(2)6-11-21(22)27)24(28)26-18-8-7-17(3)20(25)13-18/h4-13,23H,14H2,1-3H3,(H,26,28)/t23-/m0/s1. The van der Waals surface area contributed by atoms with Crippen LogP contribution in [0.15, 0.2) is 65.6 Å². The van der Waals surface area contributed by atoms with Gasteiger partial charge in [0.15, 0.2) is 6.10 Å². The molecule has 0 fully saturated rings. The number of nitrogens with one attached hydrogen (secondary N) is 1. The summed E-state index contributed by atoms with van der Waals surface area (Å²) in [6.45, 7) is 5.48. The van der Waals surface area contributed by atoms with Gasteiger partial charge in [-0.15, -0.1) is 0 Å². The van der Waals surface area contributed by atoms with Crippen molar-refractivity contribution in [1.29, 1.82) is 0 Å². The largest absolute Gasteiger partial charge is 0.476 e. The lowest BCUT2D eigenvalue weighted by Gasteiger charge is -2.35. The zero-order valence-electron chi connectivity index (χ0n) is 17.9. The molecule has 1 N–H and O–H groups in total. The third-order valence-electron chi connectivity index (χ3n) is 5.33. The number of hydrogen-bond donors (Lipinski definition) is 1. The highest BCUT2D eigenvalue weighted by atomic mass is 35.5. The average molecular weight is 471 g/mol. The second-order valence-electron chi connectivity index (χ2n) is 7.88. The minimum Gasteiger partial charge on any atom is -0.476 e. The smallest absolute Gasteiger partial charge is 0.267 e. The number of carbonyl (C=O) groups excluding carboxylic acids is 1. The van der Waals surface area contributed by atoms with Crippen LogP contribution >= 0.6 is 11.6 Å². The summed E-state index contributed by atoms with van der Waals surface area (Å²) in [5.41, 5.74) is 3.65. The maximum Gasteiger partial charge on any atom is 0.267 e. The third kappa shape index (κ3) is 4.31. The van der Waals surface area contributed by atoms with Crippen molar-refractivity contribution in [3.05, 3.63) is 82.4 Å². The topological polar surface area (TPSA) is 75.7 Å². The molecule has 0 saturated heterocycles. The number of nitrogens with zero attached hydrogens (tertiary/aromatic N) is 1. The first-order valence-corrected chi connectivity index (χ1v) is 11.9. The van der Waals surface area contributed by atoms with E-state index in [2.05, 4.69) is 5.32 Å². The molecule has 1 atom stereocenters. The van der Waals surface area contributed by atoms with Crippen LogP contribution in [0.4, 0.5) is 11.4 Å². The number of benzene rings is 3. The van der Waals surface area contributed by atoms with Crippen LogP contribution in [0.5, 0.6) is 5.75 Å². The van der Waals surface area contributed by atoms with Crippen molar-refractivity contribution in [3.8, 4) is 5.75 Å². The fourth-order valence-electron chi connectivity index (χ4n) is 3.46. The summed E-state index contributed by atoms with van der Waals surface area (Å²) < 4.78 is 34.1. The van der Waals surface area contributed by atoms with Crippen molar-refractivity contribution in [3.63, 3.8) is 0 Å². The highest BCUT2D eigenvalue weighted by Gasteiger charge is 2.37. The summed E-state index contributed by atoms with van der Waals surface area (Å²) in [5.74, 6) is -0.116. The van der Waals surface area contributed by atoms with Crippen molar-refractivity contribution in [1.82, 2.24) is 0 Å². The average Bonchev–Trinajstić information content (AvgIpc) is 2.75. The fraction of sp³-hybridized carbons (Fsp3) is 0.208. The molecule has 0 radical (unpaired) electrons. The Hall–Kier alpha value is -3.03. The van der Waals surface area contributed by atoms with Gasteiger partial charge in [0.05, 0.1) is 17.1 Å². The first-order valence-electron chi connectivity index (χ1n) is 10.1. The van der Waals surface area contributed by atoms with Crippen molar-refractivity contribution < 1.29 is 17.9 Å². The molecule has 0 aromatic heterocycles. The van der Waals surface area contributed by atoms with Gasteiger partial charge in [0.1, 0.15) is 5.75 Å². The van der Waals surface area contributed by atoms with E-state index in [1.54, 1.807) is 54.6 Å². The lowest BCUT2D eigenvalue weighted by atomic mass is 10.1. The minimum absolute atomic E-state index is 0.154. The van der Waals surface area contributed by atoms with Crippen LogP contribution in [-0.4, -0.2) is 27.0 Å². The summed E-state index contributed by atoms with van der Waals surface area (Å²) in [4.78, 5) is 13.2. The molecule has 0 saturated carbocycles. The first kappa shape index (κ1) is 22.2. The van der Waals surface area contributed by atoms with Crippen molar-refractivity contribution in [2.45, 2.75) is 31.8 Å². The molecular weight excluding hydrogens is 448 g/mol. The number of sulfonamides is 1. The van der Waals surface area contributed by atoms with E-state index < -0.39 is 22.0 Å². The van der Waals surface area contributed by atoms with Crippen molar-refractivity contribution in [2.75, 3.05) is 16.2 Å². The van der Waals surface area contributed by atoms with Gasteiger partial charge in [0.25, 0.3) is 15.9 Å². The number of halogens is 1. The Morgan fingerprint density at radius 3 is 2.38 bits per heavy atom. The van der Waals surface area contributed by atoms with Crippen molar-refractivity contribution >= 4 is 38.9 Å². The van der Waals surface area contributed by atoms with Crippen LogP contribution in [0.1, 0.15) is 16.7 Å². The van der Waals surface area contributed by atoms with E-state index in [9.17, 15) is 13.2 Å². The van der Waals surface area contributed by atoms with E-state index in [1.807, 2.05) is 26.8 Å². The number of carbonyl (C=O) groups is 1. The molecule has 32 heavy (non-hydrogen) atoms. The van der Waals surface area contributed by atoms with E-state index in [0.29, 0.717) is 22.1 Å². The van der Waals surface area contributed by atoms with E-state index in [0.717, 1.165) is 16.7 Å². The van der Waals surface area contributed by atoms with Crippen LogP contribution in [-0.2, 0) is 14.8 Å². The Bertz CT molecular complexity index is 1290. The molecule has 166 valence electrons. The molecule has 8 heteroatoms. The molecular formula is C24H23ClN2O4S. The maximum atomic E-state index is 13.5. The number of hydrogen-bond acceptors (Lipinski definition) is 4. The van der Waals surface area contributed by atoms with Gasteiger partial charge in [0.2, 0.25) is 0 Å². The second kappa shape index (κ2) is 8.48. The zero-order chi connectivity index (χ0) is 23.0. The summed E-state index contributed by atoms with van der Waals surface area (Å²) in [6.07, 6.45) is -1.04. The molecule has 0 aliphatic carbocycles. The summed E-state index contributed by atoms with van der Waals surface area (Å²) >= 11 is 6.16. The first-order chi connectivity index (χ1) is 15.1. The predicted octanol–water partition coefficient (Wildman–Crippen LogP) is 4.86. The molecule has 1 aliphatic heterocycles. The van der Waals surface area contributed by atoms with Crippen LogP contribution in [0.3, 0.4) is 0 Å². The van der Waals surface area contributed by atoms with Crippen LogP contribution in [0.2, 0.25) is 5.02 Å². The molecule has 0 bridgehead atoms. The molecule has 1 aliphatic rings. The van der Waals surface area contributed by atoms with Crippen molar-refractivity contribution in [2.24, 2.45) is 0 Å². The molecule has 4 rings (SSSR count). The Morgan fingerprint density at radius 1 is 1.00 bits per heavy atom. The fourth-order valence-corrected chi connectivity index (χ4v) is 5.11. The van der Waals surface area contributed by atoms with Crippen LogP contribution < -0.4 is 14.4 Å². The van der Waals surface area contributed by atoms with Gasteiger partial charge in [-0.3, -0.25) is 9.10 Å². The van der Waals surface area contributed by atoms with Gasteiger partial charge in [-0.05, 0) is 68.3 Å². The van der Waals surface area contributed by atoms with E-state index >= 15 is 0 Å². The Kier molecular flexibility index (Phi) is 5.88. The van der Waals surface area contributed by atoms with E-state index in [4.69, 9.17) is 16.3 Å². The van der Waals surface area contributed by atoms with Gasteiger partial charge in [-0.2, -0.15) is 0 Å². The Labute approximate surface area is 192 Å². The number of aryl methyl sites for hydroxylation is 3. The number of rotatable bonds is 4. The van der Waals surface area contributed by atoms with E-state index in [-0.39, 0.29) is 11.4 Å². The normalized spacial score (nSPS) is 15.6. The quantitative estimate of drug-likeness (QED) is 0.590. The maximum absolute atomic E-state index is 13.5. The summed E-state index contributed by atoms with van der Waals surface area (Å²) in [5, 5.41) is 3.30. The lowest BCUT2D eigenvalue weighted by Crippen LogP contribution is -2.48. The Balaban J connectivity index is 1.69. The highest BCUT2D eigenvalue weighted by molar-refractivity contribution is 7.92. The second-order valence-corrected chi connectivity index (χ2v) is 10.1. The highest BCUT2D eigenvalue weighted by Crippen LogP contribution is 2.38. The molecule has 6 nitrogen and oxygen atoms in total. The molecule has 0 unspecified atom stereocenters. The van der Waals surface area contributed by atoms with Gasteiger partial charge in [0, 0.05) is 10.7 Å². The molecule has 0 spiro atoms. The predicted molar refractivity (Wildman–Crippen MR) is 126 cm³/mol. The van der Waals surface area contributed by atoms with Gasteiger partial charge in [-0.1, -0.05) is 41.4 Å². The van der Waals surface area contributed by atoms with Gasteiger partial charge >= 0.3 is 0 Å². The number of fused-ring (bicyclic) bond motifs is 1. The molecule has 1 amide bonds. The van der Waals surface area contributed by atoms with E-state index in [1.165, 1.54) is 4.31 Å².